The summed E-state index contributed by atoms with van der Waals surface area (Å²) < 4.78 is 5.28. The first kappa shape index (κ1) is 15.1. The van der Waals surface area contributed by atoms with Crippen molar-refractivity contribution in [3.63, 3.8) is 0 Å². The first-order chi connectivity index (χ1) is 11.3. The molecule has 4 rings (SSSR count). The quantitative estimate of drug-likeness (QED) is 0.567. The summed E-state index contributed by atoms with van der Waals surface area (Å²) >= 11 is 3.33. The molecule has 1 fully saturated rings. The maximum atomic E-state index is 9.61. The number of hydrogen-bond donors (Lipinski definition) is 1. The summed E-state index contributed by atoms with van der Waals surface area (Å²) in [6, 6.07) is 12.1. The molecule has 1 aliphatic rings. The molecule has 1 aromatic carbocycles. The normalized spacial score (nSPS) is 16.4. The van der Waals surface area contributed by atoms with Crippen molar-refractivity contribution in [2.45, 2.75) is 5.03 Å². The number of ether oxygens (including phenoxy) is 1. The molecule has 4 nitrogen and oxygen atoms in total. The van der Waals surface area contributed by atoms with Crippen molar-refractivity contribution < 1.29 is 9.84 Å². The average molecular weight is 344 g/mol. The molecule has 23 heavy (non-hydrogen) atoms. The number of aliphatic hydroxyl groups is 1. The number of aliphatic hydroxyl groups excluding tert-OH is 1. The Labute approximate surface area is 142 Å². The zero-order valence-corrected chi connectivity index (χ0v) is 14.1. The van der Waals surface area contributed by atoms with Gasteiger partial charge in [-0.2, -0.15) is 0 Å². The number of aromatic nitrogens is 2. The van der Waals surface area contributed by atoms with Gasteiger partial charge in [0, 0.05) is 16.6 Å². The van der Waals surface area contributed by atoms with E-state index in [0.29, 0.717) is 13.2 Å². The number of hydrogen-bond acceptors (Lipinski definition) is 6. The lowest BCUT2D eigenvalue weighted by Crippen LogP contribution is -2.47. The highest BCUT2D eigenvalue weighted by molar-refractivity contribution is 7.99. The van der Waals surface area contributed by atoms with Gasteiger partial charge in [-0.1, -0.05) is 24.3 Å². The maximum absolute atomic E-state index is 9.61. The third kappa shape index (κ3) is 2.87. The predicted molar refractivity (Wildman–Crippen MR) is 93.9 cm³/mol. The largest absolute Gasteiger partial charge is 0.396 e. The number of benzene rings is 1. The van der Waals surface area contributed by atoms with E-state index >= 15 is 0 Å². The Kier molecular flexibility index (Phi) is 4.07. The number of thioether (sulfide) groups is 1. The molecule has 0 aliphatic carbocycles. The summed E-state index contributed by atoms with van der Waals surface area (Å²) in [4.78, 5) is 10.5. The molecule has 2 aromatic heterocycles. The first-order valence-corrected chi connectivity index (χ1v) is 9.28. The van der Waals surface area contributed by atoms with E-state index in [9.17, 15) is 5.11 Å². The number of rotatable bonds is 5. The molecule has 1 saturated heterocycles. The molecule has 0 spiro atoms. The van der Waals surface area contributed by atoms with Crippen molar-refractivity contribution in [3.8, 4) is 10.7 Å². The SMILES string of the molecule is OCC1(CSc2nc(-c3cccs3)nc3ccccc23)COC1. The van der Waals surface area contributed by atoms with Crippen LogP contribution in [0.25, 0.3) is 21.6 Å². The van der Waals surface area contributed by atoms with E-state index in [1.165, 1.54) is 0 Å². The fourth-order valence-corrected chi connectivity index (χ4v) is 4.34. The Hall–Kier alpha value is -1.47. The van der Waals surface area contributed by atoms with Gasteiger partial charge in [-0.25, -0.2) is 9.97 Å². The van der Waals surface area contributed by atoms with Gasteiger partial charge in [0.05, 0.1) is 30.2 Å². The molecule has 0 saturated carbocycles. The van der Waals surface area contributed by atoms with Crippen LogP contribution in [0, 0.1) is 5.41 Å². The van der Waals surface area contributed by atoms with Crippen LogP contribution in [0.3, 0.4) is 0 Å². The minimum absolute atomic E-state index is 0.125. The molecule has 0 atom stereocenters. The molecule has 1 aliphatic heterocycles. The highest BCUT2D eigenvalue weighted by atomic mass is 32.2. The standard InChI is InChI=1S/C17H16N2O2S2/c20-8-17(9-21-10-17)11-23-16-12-4-1-2-5-13(12)18-15(19-16)14-6-3-7-22-14/h1-7,20H,8-11H2. The van der Waals surface area contributed by atoms with Crippen LogP contribution in [-0.2, 0) is 4.74 Å². The third-order valence-corrected chi connectivity index (χ3v) is 6.18. The van der Waals surface area contributed by atoms with E-state index in [2.05, 4.69) is 11.1 Å². The average Bonchev–Trinajstić information content (AvgIpc) is 3.08. The zero-order chi connectivity index (χ0) is 15.7. The van der Waals surface area contributed by atoms with E-state index in [4.69, 9.17) is 9.72 Å². The van der Waals surface area contributed by atoms with Crippen molar-refractivity contribution >= 4 is 34.0 Å². The number of para-hydroxylation sites is 1. The Morgan fingerprint density at radius 3 is 2.74 bits per heavy atom. The molecular formula is C17H16N2O2S2. The van der Waals surface area contributed by atoms with Crippen molar-refractivity contribution in [2.75, 3.05) is 25.6 Å². The molecule has 118 valence electrons. The van der Waals surface area contributed by atoms with Crippen LogP contribution in [0.15, 0.2) is 46.8 Å². The lowest BCUT2D eigenvalue weighted by Gasteiger charge is -2.39. The summed E-state index contributed by atoms with van der Waals surface area (Å²) in [6.07, 6.45) is 0. The van der Waals surface area contributed by atoms with Crippen LogP contribution in [0.4, 0.5) is 0 Å². The van der Waals surface area contributed by atoms with Gasteiger partial charge in [0.2, 0.25) is 0 Å². The van der Waals surface area contributed by atoms with Gasteiger partial charge in [-0.05, 0) is 17.5 Å². The van der Waals surface area contributed by atoms with Crippen LogP contribution in [0.5, 0.6) is 0 Å². The second-order valence-corrected chi connectivity index (χ2v) is 7.70. The minimum Gasteiger partial charge on any atom is -0.396 e. The first-order valence-electron chi connectivity index (χ1n) is 7.42. The second kappa shape index (κ2) is 6.20. The van der Waals surface area contributed by atoms with Crippen molar-refractivity contribution in [2.24, 2.45) is 5.41 Å². The number of thiophene rings is 1. The Morgan fingerprint density at radius 2 is 2.04 bits per heavy atom. The van der Waals surface area contributed by atoms with Gasteiger partial charge in [-0.3, -0.25) is 0 Å². The van der Waals surface area contributed by atoms with Gasteiger partial charge in [0.1, 0.15) is 5.03 Å². The molecule has 0 amide bonds. The highest BCUT2D eigenvalue weighted by Gasteiger charge is 2.38. The second-order valence-electron chi connectivity index (χ2n) is 5.79. The van der Waals surface area contributed by atoms with E-state index in [-0.39, 0.29) is 12.0 Å². The molecule has 0 radical (unpaired) electrons. The van der Waals surface area contributed by atoms with Gasteiger partial charge in [0.15, 0.2) is 5.82 Å². The summed E-state index contributed by atoms with van der Waals surface area (Å²) in [7, 11) is 0. The topological polar surface area (TPSA) is 55.2 Å². The summed E-state index contributed by atoms with van der Waals surface area (Å²) in [6.45, 7) is 1.40. The van der Waals surface area contributed by atoms with Crippen LogP contribution in [0.1, 0.15) is 0 Å². The van der Waals surface area contributed by atoms with Crippen LogP contribution < -0.4 is 0 Å². The van der Waals surface area contributed by atoms with E-state index in [1.807, 2.05) is 35.7 Å². The van der Waals surface area contributed by atoms with Gasteiger partial charge in [-0.15, -0.1) is 23.1 Å². The van der Waals surface area contributed by atoms with Gasteiger partial charge >= 0.3 is 0 Å². The number of nitrogens with zero attached hydrogens (tertiary/aromatic N) is 2. The fraction of sp³-hybridized carbons (Fsp3) is 0.294. The fourth-order valence-electron chi connectivity index (χ4n) is 2.51. The van der Waals surface area contributed by atoms with E-state index < -0.39 is 0 Å². The van der Waals surface area contributed by atoms with Gasteiger partial charge < -0.3 is 9.84 Å². The molecule has 0 bridgehead atoms. The third-order valence-electron chi connectivity index (χ3n) is 3.98. The Morgan fingerprint density at radius 1 is 1.17 bits per heavy atom. The van der Waals surface area contributed by atoms with Crippen molar-refractivity contribution in [1.29, 1.82) is 0 Å². The molecule has 3 heterocycles. The minimum atomic E-state index is -0.125. The van der Waals surface area contributed by atoms with Crippen LogP contribution in [-0.4, -0.2) is 40.6 Å². The highest BCUT2D eigenvalue weighted by Crippen LogP contribution is 2.36. The molecule has 1 N–H and O–H groups in total. The van der Waals surface area contributed by atoms with E-state index in [1.54, 1.807) is 23.1 Å². The van der Waals surface area contributed by atoms with Crippen LogP contribution in [0.2, 0.25) is 0 Å². The van der Waals surface area contributed by atoms with Crippen LogP contribution >= 0.6 is 23.1 Å². The smallest absolute Gasteiger partial charge is 0.171 e. The van der Waals surface area contributed by atoms with Crippen molar-refractivity contribution in [1.82, 2.24) is 9.97 Å². The summed E-state index contributed by atoms with van der Waals surface area (Å²) in [5, 5.41) is 13.7. The lowest BCUT2D eigenvalue weighted by molar-refractivity contribution is -0.121. The zero-order valence-electron chi connectivity index (χ0n) is 12.4. The Balaban J connectivity index is 1.71. The van der Waals surface area contributed by atoms with Gasteiger partial charge in [0.25, 0.3) is 0 Å². The summed E-state index contributed by atoms with van der Waals surface area (Å²) in [5.41, 5.74) is 0.830. The maximum Gasteiger partial charge on any atom is 0.171 e. The lowest BCUT2D eigenvalue weighted by atomic mass is 9.90. The predicted octanol–water partition coefficient (Wildman–Crippen LogP) is 3.46. The molecule has 3 aromatic rings. The molecule has 0 unspecified atom stereocenters. The molecule has 6 heteroatoms. The van der Waals surface area contributed by atoms with E-state index in [0.717, 1.165) is 32.4 Å². The molecular weight excluding hydrogens is 328 g/mol. The number of fused-ring (bicyclic) bond motifs is 1. The summed E-state index contributed by atoms with van der Waals surface area (Å²) in [5.74, 6) is 1.57. The van der Waals surface area contributed by atoms with Crippen molar-refractivity contribution in [3.05, 3.63) is 41.8 Å². The Bertz CT molecular complexity index is 811. The monoisotopic (exact) mass is 344 g/mol.